The molecule has 0 heterocycles. The van der Waals surface area contributed by atoms with E-state index < -0.39 is 0 Å². The Morgan fingerprint density at radius 1 is 0.750 bits per heavy atom. The first kappa shape index (κ1) is 19.7. The van der Waals surface area contributed by atoms with Gasteiger partial charge in [0.2, 0.25) is 0 Å². The number of hydrogen-bond acceptors (Lipinski definition) is 1. The lowest BCUT2D eigenvalue weighted by Crippen LogP contribution is -2.05. The quantitative estimate of drug-likeness (QED) is 0.256. The van der Waals surface area contributed by atoms with Crippen LogP contribution in [-0.4, -0.2) is 11.2 Å². The van der Waals surface area contributed by atoms with E-state index in [9.17, 15) is 5.11 Å². The van der Waals surface area contributed by atoms with Gasteiger partial charge >= 0.3 is 0 Å². The van der Waals surface area contributed by atoms with E-state index in [0.29, 0.717) is 0 Å². The first-order valence-electron chi connectivity index (χ1n) is 9.10. The van der Waals surface area contributed by atoms with E-state index in [1.807, 2.05) is 6.08 Å². The lowest BCUT2D eigenvalue weighted by atomic mass is 10.0. The van der Waals surface area contributed by atoms with Crippen LogP contribution < -0.4 is 0 Å². The fraction of sp³-hybridized carbons (Fsp3) is 0.895. The van der Waals surface area contributed by atoms with E-state index >= 15 is 0 Å². The van der Waals surface area contributed by atoms with E-state index in [2.05, 4.69) is 13.5 Å². The second-order valence-electron chi connectivity index (χ2n) is 6.20. The molecule has 1 atom stereocenters. The molecular weight excluding hydrogens is 244 g/mol. The van der Waals surface area contributed by atoms with Gasteiger partial charge in [-0.25, -0.2) is 0 Å². The Balaban J connectivity index is 3.12. The lowest BCUT2D eigenvalue weighted by molar-refractivity contribution is 0.147. The van der Waals surface area contributed by atoms with Crippen molar-refractivity contribution in [1.82, 2.24) is 0 Å². The number of rotatable bonds is 16. The van der Waals surface area contributed by atoms with Crippen LogP contribution in [0.25, 0.3) is 0 Å². The molecule has 0 saturated carbocycles. The second-order valence-corrected chi connectivity index (χ2v) is 6.20. The predicted octanol–water partition coefficient (Wildman–Crippen LogP) is 6.40. The van der Waals surface area contributed by atoms with Gasteiger partial charge in [-0.1, -0.05) is 83.6 Å². The van der Waals surface area contributed by atoms with Crippen LogP contribution in [-0.2, 0) is 0 Å². The average Bonchev–Trinajstić information content (AvgIpc) is 2.45. The minimum absolute atomic E-state index is 0.0428. The summed E-state index contributed by atoms with van der Waals surface area (Å²) in [4.78, 5) is 0. The summed E-state index contributed by atoms with van der Waals surface area (Å²) in [6.45, 7) is 6.00. The number of allylic oxidation sites excluding steroid dienone is 1. The molecule has 0 aliphatic heterocycles. The van der Waals surface area contributed by atoms with Gasteiger partial charge in [-0.15, -0.1) is 6.58 Å². The molecule has 0 unspecified atom stereocenters. The third kappa shape index (κ3) is 15.8. The van der Waals surface area contributed by atoms with Crippen LogP contribution in [0.2, 0.25) is 0 Å². The Bertz CT molecular complexity index is 188. The normalized spacial score (nSPS) is 12.5. The van der Waals surface area contributed by atoms with Crippen molar-refractivity contribution in [3.8, 4) is 0 Å². The number of unbranched alkanes of at least 4 members (excludes halogenated alkanes) is 11. The zero-order chi connectivity index (χ0) is 14.9. The van der Waals surface area contributed by atoms with Gasteiger partial charge in [0.15, 0.2) is 0 Å². The smallest absolute Gasteiger partial charge is 0.0540 e. The summed E-state index contributed by atoms with van der Waals surface area (Å²) in [5.74, 6) is 0. The monoisotopic (exact) mass is 282 g/mol. The molecule has 0 radical (unpaired) electrons. The molecule has 0 amide bonds. The Morgan fingerprint density at radius 3 is 1.70 bits per heavy atom. The Hall–Kier alpha value is -0.300. The first-order chi connectivity index (χ1) is 9.81. The van der Waals surface area contributed by atoms with E-state index in [-0.39, 0.29) is 6.10 Å². The molecule has 1 heteroatoms. The molecule has 1 nitrogen and oxygen atoms in total. The van der Waals surface area contributed by atoms with Crippen molar-refractivity contribution in [2.45, 2.75) is 109 Å². The minimum atomic E-state index is -0.0428. The second kappa shape index (κ2) is 16.8. The SMILES string of the molecule is C=CCCCCCCC[C@H](O)CCCCCCCCC. The molecule has 0 aromatic rings. The third-order valence-electron chi connectivity index (χ3n) is 4.09. The van der Waals surface area contributed by atoms with Gasteiger partial charge in [0.1, 0.15) is 0 Å². The number of aliphatic hydroxyl groups excluding tert-OH is 1. The first-order valence-corrected chi connectivity index (χ1v) is 9.10. The van der Waals surface area contributed by atoms with Crippen molar-refractivity contribution in [3.05, 3.63) is 12.7 Å². The summed E-state index contributed by atoms with van der Waals surface area (Å²) in [6.07, 6.45) is 20.9. The highest BCUT2D eigenvalue weighted by Gasteiger charge is 2.03. The standard InChI is InChI=1S/C19H38O/c1-3-5-7-9-11-13-15-17-19(20)18-16-14-12-10-8-6-4-2/h3,19-20H,1,4-18H2,2H3/t19-/m0/s1. The Morgan fingerprint density at radius 2 is 1.20 bits per heavy atom. The van der Waals surface area contributed by atoms with Crippen molar-refractivity contribution < 1.29 is 5.11 Å². The van der Waals surface area contributed by atoms with E-state index in [0.717, 1.165) is 19.3 Å². The van der Waals surface area contributed by atoms with E-state index in [1.54, 1.807) is 0 Å². The van der Waals surface area contributed by atoms with E-state index in [1.165, 1.54) is 77.0 Å². The predicted molar refractivity (Wildman–Crippen MR) is 91.1 cm³/mol. The fourth-order valence-electron chi connectivity index (χ4n) is 2.68. The molecule has 20 heavy (non-hydrogen) atoms. The summed E-state index contributed by atoms with van der Waals surface area (Å²) >= 11 is 0. The average molecular weight is 283 g/mol. The van der Waals surface area contributed by atoms with Gasteiger partial charge in [0, 0.05) is 0 Å². The van der Waals surface area contributed by atoms with Crippen molar-refractivity contribution in [3.63, 3.8) is 0 Å². The highest BCUT2D eigenvalue weighted by Crippen LogP contribution is 2.14. The molecule has 0 aliphatic rings. The van der Waals surface area contributed by atoms with Crippen LogP contribution in [0, 0.1) is 0 Å². The molecule has 0 rings (SSSR count). The van der Waals surface area contributed by atoms with Crippen LogP contribution in [0.4, 0.5) is 0 Å². The van der Waals surface area contributed by atoms with E-state index in [4.69, 9.17) is 0 Å². The van der Waals surface area contributed by atoms with Crippen LogP contribution in [0.5, 0.6) is 0 Å². The minimum Gasteiger partial charge on any atom is -0.393 e. The summed E-state index contributed by atoms with van der Waals surface area (Å²) < 4.78 is 0. The summed E-state index contributed by atoms with van der Waals surface area (Å²) in [7, 11) is 0. The molecule has 0 saturated heterocycles. The van der Waals surface area contributed by atoms with Gasteiger partial charge < -0.3 is 5.11 Å². The molecule has 0 aromatic carbocycles. The number of aliphatic hydroxyl groups is 1. The van der Waals surface area contributed by atoms with Crippen molar-refractivity contribution in [2.24, 2.45) is 0 Å². The Kier molecular flexibility index (Phi) is 16.5. The third-order valence-corrected chi connectivity index (χ3v) is 4.09. The maximum absolute atomic E-state index is 9.92. The molecule has 0 aromatic heterocycles. The van der Waals surface area contributed by atoms with Crippen LogP contribution >= 0.6 is 0 Å². The summed E-state index contributed by atoms with van der Waals surface area (Å²) in [5.41, 5.74) is 0. The van der Waals surface area contributed by atoms with Gasteiger partial charge in [-0.05, 0) is 25.7 Å². The fourth-order valence-corrected chi connectivity index (χ4v) is 2.68. The maximum Gasteiger partial charge on any atom is 0.0540 e. The lowest BCUT2D eigenvalue weighted by Gasteiger charge is -2.10. The number of hydrogen-bond donors (Lipinski definition) is 1. The van der Waals surface area contributed by atoms with Crippen molar-refractivity contribution >= 4 is 0 Å². The van der Waals surface area contributed by atoms with Crippen LogP contribution in [0.15, 0.2) is 12.7 Å². The van der Waals surface area contributed by atoms with Crippen LogP contribution in [0.1, 0.15) is 103 Å². The summed E-state index contributed by atoms with van der Waals surface area (Å²) in [5, 5.41) is 9.92. The molecule has 0 fully saturated rings. The zero-order valence-electron chi connectivity index (χ0n) is 13.9. The topological polar surface area (TPSA) is 20.2 Å². The summed E-state index contributed by atoms with van der Waals surface area (Å²) in [6, 6.07) is 0. The van der Waals surface area contributed by atoms with Crippen molar-refractivity contribution in [1.29, 1.82) is 0 Å². The van der Waals surface area contributed by atoms with Gasteiger partial charge in [0.05, 0.1) is 6.10 Å². The van der Waals surface area contributed by atoms with Gasteiger partial charge in [-0.2, -0.15) is 0 Å². The molecule has 0 spiro atoms. The van der Waals surface area contributed by atoms with Crippen LogP contribution in [0.3, 0.4) is 0 Å². The molecular formula is C19H38O. The molecule has 0 aliphatic carbocycles. The zero-order valence-corrected chi connectivity index (χ0v) is 13.9. The Labute approximate surface area is 127 Å². The molecule has 1 N–H and O–H groups in total. The van der Waals surface area contributed by atoms with Gasteiger partial charge in [-0.3, -0.25) is 0 Å². The molecule has 120 valence electrons. The highest BCUT2D eigenvalue weighted by molar-refractivity contribution is 4.65. The highest BCUT2D eigenvalue weighted by atomic mass is 16.3. The van der Waals surface area contributed by atoms with Crippen molar-refractivity contribution in [2.75, 3.05) is 0 Å². The maximum atomic E-state index is 9.92. The largest absolute Gasteiger partial charge is 0.393 e. The molecule has 0 bridgehead atoms. The van der Waals surface area contributed by atoms with Gasteiger partial charge in [0.25, 0.3) is 0 Å².